The van der Waals surface area contributed by atoms with E-state index >= 15 is 0 Å². The number of unbranched alkanes of at least 4 members (excludes halogenated alkanes) is 1. The van der Waals surface area contributed by atoms with Crippen LogP contribution in [0.15, 0.2) is 0 Å². The van der Waals surface area contributed by atoms with Crippen molar-refractivity contribution >= 4 is 11.8 Å². The largest absolute Gasteiger partial charge is 0.379 e. The normalized spacial score (nSPS) is 16.4. The van der Waals surface area contributed by atoms with E-state index in [0.29, 0.717) is 13.1 Å². The number of amides is 2. The first-order valence-corrected chi connectivity index (χ1v) is 8.23. The molecular formula is C16H31N3O3. The van der Waals surface area contributed by atoms with Crippen molar-refractivity contribution in [1.29, 1.82) is 0 Å². The summed E-state index contributed by atoms with van der Waals surface area (Å²) >= 11 is 0. The van der Waals surface area contributed by atoms with E-state index in [1.54, 1.807) is 25.8 Å². The zero-order valence-electron chi connectivity index (χ0n) is 14.5. The van der Waals surface area contributed by atoms with Crippen LogP contribution in [-0.4, -0.2) is 74.6 Å². The molecule has 1 aliphatic rings. The number of ether oxygens (including phenoxy) is 1. The Labute approximate surface area is 134 Å². The van der Waals surface area contributed by atoms with Crippen molar-refractivity contribution < 1.29 is 14.3 Å². The van der Waals surface area contributed by atoms with Gasteiger partial charge in [-0.15, -0.1) is 0 Å². The zero-order chi connectivity index (χ0) is 16.6. The Balaban J connectivity index is 2.38. The molecule has 0 radical (unpaired) electrons. The predicted octanol–water partition coefficient (Wildman–Crippen LogP) is 0.720. The summed E-state index contributed by atoms with van der Waals surface area (Å²) in [4.78, 5) is 28.7. The summed E-state index contributed by atoms with van der Waals surface area (Å²) in [6, 6.07) is 0. The summed E-state index contributed by atoms with van der Waals surface area (Å²) in [5.41, 5.74) is -1.02. The standard InChI is InChI=1S/C16H31N3O3/c1-5-6-8-18(4)15(21)16(2,3)14(20)17-7-9-19-10-12-22-13-11-19/h5-13H2,1-4H3,(H,17,20). The molecule has 0 saturated carbocycles. The minimum atomic E-state index is -1.02. The molecule has 6 nitrogen and oxygen atoms in total. The van der Waals surface area contributed by atoms with E-state index in [2.05, 4.69) is 17.1 Å². The van der Waals surface area contributed by atoms with E-state index in [1.165, 1.54) is 0 Å². The molecule has 6 heteroatoms. The minimum Gasteiger partial charge on any atom is -0.379 e. The molecule has 2 amide bonds. The highest BCUT2D eigenvalue weighted by molar-refractivity contribution is 6.04. The zero-order valence-corrected chi connectivity index (χ0v) is 14.5. The molecule has 1 N–H and O–H groups in total. The molecule has 0 aliphatic carbocycles. The van der Waals surface area contributed by atoms with Crippen molar-refractivity contribution in [3.8, 4) is 0 Å². The third-order valence-corrected chi connectivity index (χ3v) is 4.11. The lowest BCUT2D eigenvalue weighted by molar-refractivity contribution is -0.147. The van der Waals surface area contributed by atoms with E-state index in [4.69, 9.17) is 4.74 Å². The molecule has 0 aromatic rings. The number of carbonyl (C=O) groups is 2. The van der Waals surface area contributed by atoms with Crippen molar-refractivity contribution in [1.82, 2.24) is 15.1 Å². The van der Waals surface area contributed by atoms with Crippen molar-refractivity contribution in [2.45, 2.75) is 33.6 Å². The van der Waals surface area contributed by atoms with Gasteiger partial charge in [-0.3, -0.25) is 14.5 Å². The SMILES string of the molecule is CCCCN(C)C(=O)C(C)(C)C(=O)NCCN1CCOCC1. The number of nitrogens with zero attached hydrogens (tertiary/aromatic N) is 2. The van der Waals surface area contributed by atoms with Crippen LogP contribution in [0.3, 0.4) is 0 Å². The van der Waals surface area contributed by atoms with Gasteiger partial charge in [0.25, 0.3) is 0 Å². The summed E-state index contributed by atoms with van der Waals surface area (Å²) in [7, 11) is 1.76. The third kappa shape index (κ3) is 5.57. The lowest BCUT2D eigenvalue weighted by Crippen LogP contribution is -2.50. The number of morpholine rings is 1. The van der Waals surface area contributed by atoms with Crippen LogP contribution in [0, 0.1) is 5.41 Å². The molecule has 0 aromatic carbocycles. The molecule has 1 heterocycles. The van der Waals surface area contributed by atoms with Crippen molar-refractivity contribution in [3.05, 3.63) is 0 Å². The maximum atomic E-state index is 12.4. The van der Waals surface area contributed by atoms with Gasteiger partial charge < -0.3 is 15.0 Å². The predicted molar refractivity (Wildman–Crippen MR) is 86.6 cm³/mol. The number of carbonyl (C=O) groups excluding carboxylic acids is 2. The van der Waals surface area contributed by atoms with Crippen LogP contribution in [0.1, 0.15) is 33.6 Å². The highest BCUT2D eigenvalue weighted by atomic mass is 16.5. The van der Waals surface area contributed by atoms with Crippen LogP contribution in [0.5, 0.6) is 0 Å². The van der Waals surface area contributed by atoms with E-state index in [9.17, 15) is 9.59 Å². The third-order valence-electron chi connectivity index (χ3n) is 4.11. The Morgan fingerprint density at radius 2 is 1.91 bits per heavy atom. The molecule has 1 fully saturated rings. The van der Waals surface area contributed by atoms with Crippen molar-refractivity contribution in [2.24, 2.45) is 5.41 Å². The van der Waals surface area contributed by atoms with Crippen molar-refractivity contribution in [2.75, 3.05) is 53.0 Å². The molecule has 22 heavy (non-hydrogen) atoms. The van der Waals surface area contributed by atoms with Crippen LogP contribution in [0.4, 0.5) is 0 Å². The second kappa shape index (κ2) is 9.10. The van der Waals surface area contributed by atoms with Gasteiger partial charge in [0.05, 0.1) is 13.2 Å². The van der Waals surface area contributed by atoms with Gasteiger partial charge in [-0.2, -0.15) is 0 Å². The van der Waals surface area contributed by atoms with Crippen LogP contribution in [-0.2, 0) is 14.3 Å². The molecule has 1 saturated heterocycles. The second-order valence-corrected chi connectivity index (χ2v) is 6.42. The van der Waals surface area contributed by atoms with Gasteiger partial charge in [0.2, 0.25) is 11.8 Å². The topological polar surface area (TPSA) is 61.9 Å². The van der Waals surface area contributed by atoms with Crippen LogP contribution in [0.25, 0.3) is 0 Å². The molecule has 0 bridgehead atoms. The smallest absolute Gasteiger partial charge is 0.237 e. The molecule has 1 aliphatic heterocycles. The maximum Gasteiger partial charge on any atom is 0.237 e. The fourth-order valence-corrected chi connectivity index (χ4v) is 2.44. The highest BCUT2D eigenvalue weighted by Gasteiger charge is 2.37. The Kier molecular flexibility index (Phi) is 7.82. The summed E-state index contributed by atoms with van der Waals surface area (Å²) < 4.78 is 5.29. The van der Waals surface area contributed by atoms with Gasteiger partial charge >= 0.3 is 0 Å². The molecular weight excluding hydrogens is 282 g/mol. The number of rotatable bonds is 8. The molecule has 0 spiro atoms. The first-order chi connectivity index (χ1) is 10.4. The summed E-state index contributed by atoms with van der Waals surface area (Å²) in [5.74, 6) is -0.320. The Morgan fingerprint density at radius 3 is 2.50 bits per heavy atom. The molecule has 128 valence electrons. The molecule has 0 unspecified atom stereocenters. The van der Waals surface area contributed by atoms with E-state index in [0.717, 1.165) is 45.7 Å². The van der Waals surface area contributed by atoms with E-state index in [-0.39, 0.29) is 11.8 Å². The maximum absolute atomic E-state index is 12.4. The monoisotopic (exact) mass is 313 g/mol. The summed E-state index contributed by atoms with van der Waals surface area (Å²) in [6.07, 6.45) is 1.99. The Hall–Kier alpha value is -1.14. The molecule has 0 atom stereocenters. The van der Waals surface area contributed by atoms with E-state index < -0.39 is 5.41 Å². The fraction of sp³-hybridized carbons (Fsp3) is 0.875. The summed E-state index contributed by atoms with van der Waals surface area (Å²) in [6.45, 7) is 10.8. The first-order valence-electron chi connectivity index (χ1n) is 8.23. The lowest BCUT2D eigenvalue weighted by Gasteiger charge is -2.30. The van der Waals surface area contributed by atoms with Crippen LogP contribution in [0.2, 0.25) is 0 Å². The number of nitrogens with one attached hydrogen (secondary N) is 1. The average molecular weight is 313 g/mol. The van der Waals surface area contributed by atoms with Gasteiger partial charge in [-0.1, -0.05) is 13.3 Å². The Morgan fingerprint density at radius 1 is 1.27 bits per heavy atom. The van der Waals surface area contributed by atoms with Gasteiger partial charge in [-0.05, 0) is 20.3 Å². The van der Waals surface area contributed by atoms with E-state index in [1.807, 2.05) is 0 Å². The number of hydrogen-bond acceptors (Lipinski definition) is 4. The fourth-order valence-electron chi connectivity index (χ4n) is 2.44. The average Bonchev–Trinajstić information content (AvgIpc) is 2.52. The second-order valence-electron chi connectivity index (χ2n) is 6.42. The quantitative estimate of drug-likeness (QED) is 0.671. The first kappa shape index (κ1) is 18.9. The van der Waals surface area contributed by atoms with Gasteiger partial charge in [0, 0.05) is 39.8 Å². The van der Waals surface area contributed by atoms with Crippen LogP contribution >= 0.6 is 0 Å². The Bertz CT molecular complexity index is 366. The highest BCUT2D eigenvalue weighted by Crippen LogP contribution is 2.18. The summed E-state index contributed by atoms with van der Waals surface area (Å²) in [5, 5.41) is 2.89. The van der Waals surface area contributed by atoms with Crippen LogP contribution < -0.4 is 5.32 Å². The van der Waals surface area contributed by atoms with Crippen molar-refractivity contribution in [3.63, 3.8) is 0 Å². The van der Waals surface area contributed by atoms with Gasteiger partial charge in [0.1, 0.15) is 5.41 Å². The van der Waals surface area contributed by atoms with Gasteiger partial charge in [-0.25, -0.2) is 0 Å². The van der Waals surface area contributed by atoms with Gasteiger partial charge in [0.15, 0.2) is 0 Å². The molecule has 1 rings (SSSR count). The minimum absolute atomic E-state index is 0.121. The number of hydrogen-bond donors (Lipinski definition) is 1. The lowest BCUT2D eigenvalue weighted by atomic mass is 9.90. The molecule has 0 aromatic heterocycles.